The zero-order valence-corrected chi connectivity index (χ0v) is 7.36. The molecule has 16 heavy (non-hydrogen) atoms. The van der Waals surface area contributed by atoms with Crippen molar-refractivity contribution in [3.8, 4) is 0 Å². The van der Waals surface area contributed by atoms with Gasteiger partial charge < -0.3 is 0 Å². The average Bonchev–Trinajstić information content (AvgIpc) is 2.15. The van der Waals surface area contributed by atoms with Crippen molar-refractivity contribution in [2.45, 2.75) is 12.6 Å². The second-order valence-electron chi connectivity index (χ2n) is 2.70. The normalized spacial score (nSPS) is 11.9. The van der Waals surface area contributed by atoms with Crippen molar-refractivity contribution in [2.24, 2.45) is 0 Å². The van der Waals surface area contributed by atoms with Crippen molar-refractivity contribution in [1.82, 2.24) is 4.98 Å². The third kappa shape index (κ3) is 2.31. The summed E-state index contributed by atoms with van der Waals surface area (Å²) < 4.78 is 73.5. The van der Waals surface area contributed by atoms with Crippen LogP contribution in [0.4, 0.5) is 26.3 Å². The molecule has 0 aromatic carbocycles. The van der Waals surface area contributed by atoms with E-state index >= 15 is 0 Å². The highest BCUT2D eigenvalue weighted by Gasteiger charge is 2.36. The van der Waals surface area contributed by atoms with Crippen molar-refractivity contribution < 1.29 is 31.1 Å². The van der Waals surface area contributed by atoms with Gasteiger partial charge in [0.15, 0.2) is 12.1 Å². The number of rotatable bonds is 2. The third-order valence-corrected chi connectivity index (χ3v) is 1.66. The lowest BCUT2D eigenvalue weighted by Crippen LogP contribution is -2.13. The maximum absolute atomic E-state index is 12.8. The van der Waals surface area contributed by atoms with Crippen molar-refractivity contribution in [3.05, 3.63) is 28.8 Å². The van der Waals surface area contributed by atoms with E-state index in [1.807, 2.05) is 0 Å². The summed E-state index contributed by atoms with van der Waals surface area (Å²) in [6.45, 7) is 0. The summed E-state index contributed by atoms with van der Waals surface area (Å²) >= 11 is 0. The van der Waals surface area contributed by atoms with Crippen LogP contribution in [0.1, 0.15) is 28.2 Å². The van der Waals surface area contributed by atoms with E-state index in [0.717, 1.165) is 0 Å². The van der Waals surface area contributed by atoms with Gasteiger partial charge in [0.25, 0.3) is 6.43 Å². The zero-order chi connectivity index (χ0) is 12.5. The van der Waals surface area contributed by atoms with Gasteiger partial charge in [-0.1, -0.05) is 0 Å². The first-order chi connectivity index (χ1) is 7.27. The number of hydrogen-bond donors (Lipinski definition) is 0. The second kappa shape index (κ2) is 4.11. The Labute approximate surface area is 84.9 Å². The average molecular weight is 243 g/mol. The number of aldehydes is 1. The summed E-state index contributed by atoms with van der Waals surface area (Å²) in [6.07, 6.45) is -8.76. The van der Waals surface area contributed by atoms with E-state index in [9.17, 15) is 31.1 Å². The minimum Gasteiger partial charge on any atom is -0.296 e. The standard InChI is InChI=1S/C8H3F6NO/c9-4-1-3(8(12,13)14)5(2-16)15-6(4)7(10)11/h1-2,7H. The van der Waals surface area contributed by atoms with Gasteiger partial charge in [0.05, 0.1) is 5.56 Å². The van der Waals surface area contributed by atoms with Gasteiger partial charge in [0, 0.05) is 0 Å². The molecule has 88 valence electrons. The van der Waals surface area contributed by atoms with Crippen molar-refractivity contribution in [3.63, 3.8) is 0 Å². The Morgan fingerprint density at radius 1 is 1.31 bits per heavy atom. The molecule has 0 unspecified atom stereocenters. The fourth-order valence-electron chi connectivity index (χ4n) is 0.988. The Balaban J connectivity index is 3.44. The molecule has 0 spiro atoms. The molecule has 0 fully saturated rings. The largest absolute Gasteiger partial charge is 0.418 e. The maximum atomic E-state index is 12.8. The van der Waals surface area contributed by atoms with Gasteiger partial charge in [-0.15, -0.1) is 0 Å². The molecule has 2 nitrogen and oxygen atoms in total. The van der Waals surface area contributed by atoms with Gasteiger partial charge in [-0.2, -0.15) is 13.2 Å². The molecule has 0 N–H and O–H groups in total. The van der Waals surface area contributed by atoms with Crippen molar-refractivity contribution >= 4 is 6.29 Å². The second-order valence-corrected chi connectivity index (χ2v) is 2.70. The molecule has 0 aliphatic rings. The van der Waals surface area contributed by atoms with E-state index in [4.69, 9.17) is 0 Å². The molecule has 8 heteroatoms. The van der Waals surface area contributed by atoms with Gasteiger partial charge in [0.2, 0.25) is 0 Å². The van der Waals surface area contributed by atoms with Crippen LogP contribution in [-0.2, 0) is 6.18 Å². The molecule has 1 aromatic heterocycles. The van der Waals surface area contributed by atoms with Crippen LogP contribution >= 0.6 is 0 Å². The van der Waals surface area contributed by atoms with Gasteiger partial charge >= 0.3 is 6.18 Å². The minimum atomic E-state index is -5.02. The Morgan fingerprint density at radius 3 is 2.25 bits per heavy atom. The fourth-order valence-corrected chi connectivity index (χ4v) is 0.988. The summed E-state index contributed by atoms with van der Waals surface area (Å²) in [6, 6.07) is -0.168. The predicted octanol–water partition coefficient (Wildman–Crippen LogP) is 2.99. The molecular formula is C8H3F6NO. The fraction of sp³-hybridized carbons (Fsp3) is 0.250. The number of carbonyl (C=O) groups excluding carboxylic acids is 1. The van der Waals surface area contributed by atoms with E-state index in [0.29, 0.717) is 0 Å². The van der Waals surface area contributed by atoms with Crippen LogP contribution in [-0.4, -0.2) is 11.3 Å². The van der Waals surface area contributed by atoms with Crippen LogP contribution in [0.3, 0.4) is 0 Å². The highest BCUT2D eigenvalue weighted by molar-refractivity contribution is 5.74. The molecule has 0 aliphatic heterocycles. The first-order valence-corrected chi connectivity index (χ1v) is 3.78. The molecule has 0 amide bonds. The molecule has 1 rings (SSSR count). The van der Waals surface area contributed by atoms with Crippen molar-refractivity contribution in [2.75, 3.05) is 0 Å². The predicted molar refractivity (Wildman–Crippen MR) is 39.5 cm³/mol. The molecule has 0 atom stereocenters. The van der Waals surface area contributed by atoms with Gasteiger partial charge in [-0.3, -0.25) is 4.79 Å². The molecule has 0 aliphatic carbocycles. The molecule has 1 heterocycles. The quantitative estimate of drug-likeness (QED) is 0.590. The number of hydrogen-bond acceptors (Lipinski definition) is 2. The Morgan fingerprint density at radius 2 is 1.88 bits per heavy atom. The van der Waals surface area contributed by atoms with E-state index in [2.05, 4.69) is 4.98 Å². The van der Waals surface area contributed by atoms with E-state index in [1.165, 1.54) is 0 Å². The lowest BCUT2D eigenvalue weighted by molar-refractivity contribution is -0.138. The summed E-state index contributed by atoms with van der Waals surface area (Å²) in [5.41, 5.74) is -4.41. The van der Waals surface area contributed by atoms with Crippen LogP contribution in [0, 0.1) is 5.82 Å². The Bertz CT molecular complexity index is 414. The SMILES string of the molecule is O=Cc1nc(C(F)F)c(F)cc1C(F)(F)F. The Hall–Kier alpha value is -1.60. The smallest absolute Gasteiger partial charge is 0.296 e. The summed E-state index contributed by atoms with van der Waals surface area (Å²) in [7, 11) is 0. The molecule has 0 saturated heterocycles. The first-order valence-electron chi connectivity index (χ1n) is 3.78. The van der Waals surface area contributed by atoms with Crippen LogP contribution in [0.25, 0.3) is 0 Å². The number of pyridine rings is 1. The van der Waals surface area contributed by atoms with Crippen LogP contribution < -0.4 is 0 Å². The monoisotopic (exact) mass is 243 g/mol. The highest BCUT2D eigenvalue weighted by atomic mass is 19.4. The highest BCUT2D eigenvalue weighted by Crippen LogP contribution is 2.33. The number of aromatic nitrogens is 1. The summed E-state index contributed by atoms with van der Waals surface area (Å²) in [4.78, 5) is 12.9. The van der Waals surface area contributed by atoms with Crippen LogP contribution in [0.5, 0.6) is 0 Å². The number of halogens is 6. The molecular weight excluding hydrogens is 240 g/mol. The van der Waals surface area contributed by atoms with Crippen LogP contribution in [0.2, 0.25) is 0 Å². The zero-order valence-electron chi connectivity index (χ0n) is 7.36. The van der Waals surface area contributed by atoms with Crippen molar-refractivity contribution in [1.29, 1.82) is 0 Å². The molecule has 1 aromatic rings. The Kier molecular flexibility index (Phi) is 3.20. The summed E-state index contributed by atoms with van der Waals surface area (Å²) in [5, 5.41) is 0. The first kappa shape index (κ1) is 12.5. The maximum Gasteiger partial charge on any atom is 0.418 e. The number of nitrogens with zero attached hydrogens (tertiary/aromatic N) is 1. The number of alkyl halides is 5. The van der Waals surface area contributed by atoms with Gasteiger partial charge in [0.1, 0.15) is 11.4 Å². The van der Waals surface area contributed by atoms with Crippen LogP contribution in [0.15, 0.2) is 6.07 Å². The topological polar surface area (TPSA) is 30.0 Å². The van der Waals surface area contributed by atoms with E-state index in [-0.39, 0.29) is 12.4 Å². The molecule has 0 radical (unpaired) electrons. The molecule has 0 saturated carbocycles. The van der Waals surface area contributed by atoms with Gasteiger partial charge in [-0.25, -0.2) is 18.2 Å². The minimum absolute atomic E-state index is 0.168. The lowest BCUT2D eigenvalue weighted by Gasteiger charge is -2.10. The number of carbonyl (C=O) groups is 1. The van der Waals surface area contributed by atoms with Gasteiger partial charge in [-0.05, 0) is 6.07 Å². The lowest BCUT2D eigenvalue weighted by atomic mass is 10.1. The van der Waals surface area contributed by atoms with E-state index < -0.39 is 35.4 Å². The van der Waals surface area contributed by atoms with E-state index in [1.54, 1.807) is 0 Å². The third-order valence-electron chi connectivity index (χ3n) is 1.66. The summed E-state index contributed by atoms with van der Waals surface area (Å²) in [5.74, 6) is -1.80. The molecule has 0 bridgehead atoms.